The Bertz CT molecular complexity index is 637. The first-order chi connectivity index (χ1) is 9.51. The third-order valence-electron chi connectivity index (χ3n) is 3.00. The lowest BCUT2D eigenvalue weighted by molar-refractivity contribution is 0.0602. The number of benzene rings is 1. The van der Waals surface area contributed by atoms with E-state index in [1.54, 1.807) is 29.5 Å². The van der Waals surface area contributed by atoms with Crippen molar-refractivity contribution in [3.8, 4) is 0 Å². The molecule has 0 bridgehead atoms. The average Bonchev–Trinajstić information content (AvgIpc) is 2.74. The molecule has 106 valence electrons. The van der Waals surface area contributed by atoms with Gasteiger partial charge in [0.15, 0.2) is 0 Å². The lowest BCUT2D eigenvalue weighted by Gasteiger charge is -2.11. The number of nitrogens with one attached hydrogen (secondary N) is 1. The molecular formula is C15H16ClNO2S. The number of aryl methyl sites for hydroxylation is 2. The monoisotopic (exact) mass is 309 g/mol. The lowest BCUT2D eigenvalue weighted by atomic mass is 10.1. The molecule has 0 unspecified atom stereocenters. The number of thiophene rings is 1. The van der Waals surface area contributed by atoms with Gasteiger partial charge in [0.25, 0.3) is 0 Å². The lowest BCUT2D eigenvalue weighted by Crippen LogP contribution is -2.08. The van der Waals surface area contributed by atoms with Crippen molar-refractivity contribution in [2.75, 3.05) is 12.4 Å². The van der Waals surface area contributed by atoms with Gasteiger partial charge in [-0.25, -0.2) is 4.79 Å². The highest BCUT2D eigenvalue weighted by atomic mass is 35.5. The zero-order chi connectivity index (χ0) is 14.7. The highest BCUT2D eigenvalue weighted by Gasteiger charge is 2.12. The molecule has 0 aliphatic carbocycles. The highest BCUT2D eigenvalue weighted by molar-refractivity contribution is 7.12. The number of hydrogen-bond donors (Lipinski definition) is 1. The molecule has 0 spiro atoms. The van der Waals surface area contributed by atoms with Crippen molar-refractivity contribution >= 4 is 34.6 Å². The van der Waals surface area contributed by atoms with Gasteiger partial charge in [0.2, 0.25) is 0 Å². The van der Waals surface area contributed by atoms with Crippen LogP contribution in [0.3, 0.4) is 0 Å². The second-order valence-corrected chi connectivity index (χ2v) is 6.37. The summed E-state index contributed by atoms with van der Waals surface area (Å²) >= 11 is 7.76. The number of methoxy groups -OCH3 is 1. The minimum Gasteiger partial charge on any atom is -0.465 e. The molecule has 1 N–H and O–H groups in total. The number of halogens is 1. The molecule has 0 amide bonds. The number of carbonyl (C=O) groups excluding carboxylic acids is 1. The van der Waals surface area contributed by atoms with E-state index in [0.717, 1.165) is 0 Å². The van der Waals surface area contributed by atoms with Gasteiger partial charge in [-0.1, -0.05) is 11.6 Å². The molecule has 0 radical (unpaired) electrons. The van der Waals surface area contributed by atoms with Crippen LogP contribution in [0.2, 0.25) is 5.02 Å². The van der Waals surface area contributed by atoms with E-state index in [4.69, 9.17) is 16.3 Å². The summed E-state index contributed by atoms with van der Waals surface area (Å²) in [4.78, 5) is 14.3. The number of esters is 1. The quantitative estimate of drug-likeness (QED) is 0.850. The number of rotatable bonds is 4. The smallest absolute Gasteiger partial charge is 0.339 e. The van der Waals surface area contributed by atoms with Gasteiger partial charge in [-0.15, -0.1) is 11.3 Å². The predicted octanol–water partition coefficient (Wildman–Crippen LogP) is 4.42. The molecule has 20 heavy (non-hydrogen) atoms. The van der Waals surface area contributed by atoms with E-state index in [1.165, 1.54) is 22.4 Å². The van der Waals surface area contributed by atoms with E-state index >= 15 is 0 Å². The zero-order valence-electron chi connectivity index (χ0n) is 11.6. The van der Waals surface area contributed by atoms with Crippen molar-refractivity contribution in [1.82, 2.24) is 0 Å². The fourth-order valence-electron chi connectivity index (χ4n) is 2.00. The van der Waals surface area contributed by atoms with Crippen molar-refractivity contribution in [2.24, 2.45) is 0 Å². The Kier molecular flexibility index (Phi) is 4.68. The molecule has 1 aromatic heterocycles. The Balaban J connectivity index is 2.22. The fourth-order valence-corrected chi connectivity index (χ4v) is 3.12. The van der Waals surface area contributed by atoms with Crippen LogP contribution < -0.4 is 5.32 Å². The molecule has 0 atom stereocenters. The summed E-state index contributed by atoms with van der Waals surface area (Å²) in [5.41, 5.74) is 2.40. The fraction of sp³-hybridized carbons (Fsp3) is 0.267. The average molecular weight is 310 g/mol. The molecule has 0 saturated carbocycles. The van der Waals surface area contributed by atoms with Gasteiger partial charge in [-0.05, 0) is 43.7 Å². The van der Waals surface area contributed by atoms with E-state index in [2.05, 4.69) is 25.2 Å². The van der Waals surface area contributed by atoms with E-state index in [1.807, 2.05) is 0 Å². The molecule has 1 aromatic carbocycles. The number of ether oxygens (including phenoxy) is 1. The molecule has 5 heteroatoms. The molecular weight excluding hydrogens is 294 g/mol. The van der Waals surface area contributed by atoms with Crippen molar-refractivity contribution < 1.29 is 9.53 Å². The maximum Gasteiger partial charge on any atom is 0.339 e. The van der Waals surface area contributed by atoms with Gasteiger partial charge in [0.05, 0.1) is 18.4 Å². The maximum absolute atomic E-state index is 11.7. The maximum atomic E-state index is 11.7. The van der Waals surface area contributed by atoms with Crippen LogP contribution in [0.1, 0.15) is 25.7 Å². The van der Waals surface area contributed by atoms with Crippen molar-refractivity contribution in [2.45, 2.75) is 20.4 Å². The van der Waals surface area contributed by atoms with Crippen LogP contribution in [0.15, 0.2) is 24.3 Å². The van der Waals surface area contributed by atoms with Crippen LogP contribution in [0.25, 0.3) is 0 Å². The van der Waals surface area contributed by atoms with Crippen LogP contribution in [0.4, 0.5) is 5.69 Å². The Morgan fingerprint density at radius 1 is 1.35 bits per heavy atom. The van der Waals surface area contributed by atoms with E-state index in [-0.39, 0.29) is 5.97 Å². The Morgan fingerprint density at radius 2 is 2.10 bits per heavy atom. The number of carbonyl (C=O) groups is 1. The molecule has 1 heterocycles. The summed E-state index contributed by atoms with van der Waals surface area (Å²) < 4.78 is 4.78. The normalized spacial score (nSPS) is 10.4. The number of hydrogen-bond acceptors (Lipinski definition) is 4. The van der Waals surface area contributed by atoms with Crippen LogP contribution in [0, 0.1) is 13.8 Å². The van der Waals surface area contributed by atoms with E-state index in [0.29, 0.717) is 22.8 Å². The third kappa shape index (κ3) is 3.32. The zero-order valence-corrected chi connectivity index (χ0v) is 13.2. The van der Waals surface area contributed by atoms with Crippen LogP contribution in [-0.4, -0.2) is 13.1 Å². The van der Waals surface area contributed by atoms with E-state index in [9.17, 15) is 4.79 Å². The standard InChI is InChI=1S/C15H16ClNO2S/c1-9-6-11(10(2)20-9)8-17-14-7-12(16)4-5-13(14)15(18)19-3/h4-7,17H,8H2,1-3H3. The second kappa shape index (κ2) is 6.29. The first-order valence-corrected chi connectivity index (χ1v) is 7.38. The Hall–Kier alpha value is -1.52. The minimum atomic E-state index is -0.373. The minimum absolute atomic E-state index is 0.373. The van der Waals surface area contributed by atoms with Gasteiger partial charge >= 0.3 is 5.97 Å². The van der Waals surface area contributed by atoms with Crippen molar-refractivity contribution in [3.05, 3.63) is 50.2 Å². The SMILES string of the molecule is COC(=O)c1ccc(Cl)cc1NCc1cc(C)sc1C. The molecule has 0 fully saturated rings. The van der Waals surface area contributed by atoms with Crippen molar-refractivity contribution in [3.63, 3.8) is 0 Å². The molecule has 3 nitrogen and oxygen atoms in total. The molecule has 0 aliphatic heterocycles. The number of anilines is 1. The summed E-state index contributed by atoms with van der Waals surface area (Å²) in [5.74, 6) is -0.373. The van der Waals surface area contributed by atoms with Crippen LogP contribution in [0.5, 0.6) is 0 Å². The topological polar surface area (TPSA) is 38.3 Å². The van der Waals surface area contributed by atoms with Crippen LogP contribution >= 0.6 is 22.9 Å². The summed E-state index contributed by atoms with van der Waals surface area (Å²) in [7, 11) is 1.37. The van der Waals surface area contributed by atoms with Crippen LogP contribution in [-0.2, 0) is 11.3 Å². The molecule has 2 aromatic rings. The summed E-state index contributed by atoms with van der Waals surface area (Å²) in [6.07, 6.45) is 0. The van der Waals surface area contributed by atoms with E-state index < -0.39 is 0 Å². The van der Waals surface area contributed by atoms with Gasteiger partial charge in [-0.3, -0.25) is 0 Å². The Labute approximate surface area is 127 Å². The first kappa shape index (κ1) is 14.9. The second-order valence-electron chi connectivity index (χ2n) is 4.47. The largest absolute Gasteiger partial charge is 0.465 e. The molecule has 0 aliphatic rings. The molecule has 0 saturated heterocycles. The van der Waals surface area contributed by atoms with Crippen molar-refractivity contribution in [1.29, 1.82) is 0 Å². The Morgan fingerprint density at radius 3 is 2.70 bits per heavy atom. The predicted molar refractivity (Wildman–Crippen MR) is 83.9 cm³/mol. The first-order valence-electron chi connectivity index (χ1n) is 6.19. The summed E-state index contributed by atoms with van der Waals surface area (Å²) in [5, 5.41) is 3.84. The highest BCUT2D eigenvalue weighted by Crippen LogP contribution is 2.25. The summed E-state index contributed by atoms with van der Waals surface area (Å²) in [6.45, 7) is 4.83. The third-order valence-corrected chi connectivity index (χ3v) is 4.24. The van der Waals surface area contributed by atoms with Gasteiger partial charge in [0.1, 0.15) is 0 Å². The van der Waals surface area contributed by atoms with Gasteiger partial charge < -0.3 is 10.1 Å². The molecule has 2 rings (SSSR count). The van der Waals surface area contributed by atoms with Gasteiger partial charge in [-0.2, -0.15) is 0 Å². The van der Waals surface area contributed by atoms with Gasteiger partial charge in [0, 0.05) is 21.3 Å². The summed E-state index contributed by atoms with van der Waals surface area (Å²) in [6, 6.07) is 7.24.